The fourth-order valence-corrected chi connectivity index (χ4v) is 1.61. The Bertz CT molecular complexity index is 543. The Hall–Kier alpha value is -2.04. The molecule has 1 aromatic carbocycles. The Morgan fingerprint density at radius 1 is 1.00 bits per heavy atom. The first kappa shape index (κ1) is 12.4. The van der Waals surface area contributed by atoms with Gasteiger partial charge in [0.2, 0.25) is 0 Å². The summed E-state index contributed by atoms with van der Waals surface area (Å²) in [6.07, 6.45) is 3.21. The molecule has 0 aliphatic rings. The Morgan fingerprint density at radius 2 is 1.67 bits per heavy atom. The molecule has 1 heterocycles. The standard InChI is InChI=1S/C13H11F3N2/c1-8(9-4-6-17-7-5-9)18-11-3-2-10(14)12(15)13(11)16/h2-8,18H,1H3. The van der Waals surface area contributed by atoms with Crippen LogP contribution in [0, 0.1) is 17.5 Å². The first-order chi connectivity index (χ1) is 8.59. The van der Waals surface area contributed by atoms with Crippen LogP contribution in [0.5, 0.6) is 0 Å². The van der Waals surface area contributed by atoms with Crippen molar-refractivity contribution >= 4 is 5.69 Å². The van der Waals surface area contributed by atoms with E-state index >= 15 is 0 Å². The van der Waals surface area contributed by atoms with Crippen LogP contribution in [-0.2, 0) is 0 Å². The molecule has 2 nitrogen and oxygen atoms in total. The van der Waals surface area contributed by atoms with Gasteiger partial charge in [-0.3, -0.25) is 4.98 Å². The molecule has 0 aliphatic heterocycles. The monoisotopic (exact) mass is 252 g/mol. The maximum atomic E-state index is 13.4. The topological polar surface area (TPSA) is 24.9 Å². The Balaban J connectivity index is 2.22. The highest BCUT2D eigenvalue weighted by atomic mass is 19.2. The zero-order valence-corrected chi connectivity index (χ0v) is 9.62. The van der Waals surface area contributed by atoms with Gasteiger partial charge in [-0.2, -0.15) is 0 Å². The molecule has 1 unspecified atom stereocenters. The smallest absolute Gasteiger partial charge is 0.196 e. The summed E-state index contributed by atoms with van der Waals surface area (Å²) >= 11 is 0. The lowest BCUT2D eigenvalue weighted by atomic mass is 10.1. The van der Waals surface area contributed by atoms with Crippen LogP contribution in [0.1, 0.15) is 18.5 Å². The molecule has 0 saturated heterocycles. The van der Waals surface area contributed by atoms with Gasteiger partial charge in [-0.25, -0.2) is 13.2 Å². The number of nitrogens with zero attached hydrogens (tertiary/aromatic N) is 1. The summed E-state index contributed by atoms with van der Waals surface area (Å²) in [5, 5.41) is 2.79. The molecule has 1 atom stereocenters. The van der Waals surface area contributed by atoms with Crippen LogP contribution in [0.4, 0.5) is 18.9 Å². The maximum absolute atomic E-state index is 13.4. The second-order valence-corrected chi connectivity index (χ2v) is 3.87. The van der Waals surface area contributed by atoms with Gasteiger partial charge in [-0.15, -0.1) is 0 Å². The van der Waals surface area contributed by atoms with Gasteiger partial charge >= 0.3 is 0 Å². The second-order valence-electron chi connectivity index (χ2n) is 3.87. The Kier molecular flexibility index (Phi) is 3.50. The zero-order valence-electron chi connectivity index (χ0n) is 9.62. The normalized spacial score (nSPS) is 12.2. The third-order valence-electron chi connectivity index (χ3n) is 2.61. The van der Waals surface area contributed by atoms with Crippen LogP contribution >= 0.6 is 0 Å². The number of pyridine rings is 1. The summed E-state index contributed by atoms with van der Waals surface area (Å²) in [6.45, 7) is 1.79. The van der Waals surface area contributed by atoms with E-state index in [2.05, 4.69) is 10.3 Å². The molecule has 18 heavy (non-hydrogen) atoms. The van der Waals surface area contributed by atoms with Gasteiger partial charge in [0, 0.05) is 18.4 Å². The molecule has 94 valence electrons. The number of rotatable bonds is 3. The van der Waals surface area contributed by atoms with E-state index in [0.717, 1.165) is 11.6 Å². The minimum Gasteiger partial charge on any atom is -0.376 e. The molecule has 0 radical (unpaired) electrons. The van der Waals surface area contributed by atoms with Gasteiger partial charge < -0.3 is 5.32 Å². The number of anilines is 1. The lowest BCUT2D eigenvalue weighted by Crippen LogP contribution is -2.09. The molecular weight excluding hydrogens is 241 g/mol. The van der Waals surface area contributed by atoms with E-state index in [1.807, 2.05) is 0 Å². The third-order valence-corrected chi connectivity index (χ3v) is 2.61. The Labute approximate surface area is 102 Å². The molecule has 2 aromatic rings. The molecule has 0 spiro atoms. The van der Waals surface area contributed by atoms with E-state index in [1.165, 1.54) is 6.07 Å². The quantitative estimate of drug-likeness (QED) is 0.843. The predicted molar refractivity (Wildman–Crippen MR) is 62.6 cm³/mol. The van der Waals surface area contributed by atoms with Gasteiger partial charge in [0.15, 0.2) is 17.5 Å². The minimum atomic E-state index is -1.47. The number of benzene rings is 1. The van der Waals surface area contributed by atoms with Crippen LogP contribution in [-0.4, -0.2) is 4.98 Å². The summed E-state index contributed by atoms with van der Waals surface area (Å²) in [4.78, 5) is 3.87. The van der Waals surface area contributed by atoms with Crippen molar-refractivity contribution in [1.82, 2.24) is 4.98 Å². The maximum Gasteiger partial charge on any atom is 0.196 e. The number of aromatic nitrogens is 1. The number of hydrogen-bond donors (Lipinski definition) is 1. The molecule has 5 heteroatoms. The van der Waals surface area contributed by atoms with E-state index in [1.54, 1.807) is 31.5 Å². The fraction of sp³-hybridized carbons (Fsp3) is 0.154. The van der Waals surface area contributed by atoms with Crippen LogP contribution < -0.4 is 5.32 Å². The second kappa shape index (κ2) is 5.08. The van der Waals surface area contributed by atoms with Gasteiger partial charge in [0.25, 0.3) is 0 Å². The molecule has 1 aromatic heterocycles. The fourth-order valence-electron chi connectivity index (χ4n) is 1.61. The summed E-state index contributed by atoms with van der Waals surface area (Å²) in [6, 6.07) is 5.34. The highest BCUT2D eigenvalue weighted by Crippen LogP contribution is 2.24. The number of nitrogens with one attached hydrogen (secondary N) is 1. The summed E-state index contributed by atoms with van der Waals surface area (Å²) in [7, 11) is 0. The van der Waals surface area contributed by atoms with Crippen molar-refractivity contribution in [3.05, 3.63) is 59.7 Å². The van der Waals surface area contributed by atoms with Gasteiger partial charge in [0.05, 0.1) is 5.69 Å². The molecule has 0 saturated carbocycles. The predicted octanol–water partition coefficient (Wildman–Crippen LogP) is 3.67. The molecule has 0 aliphatic carbocycles. The van der Waals surface area contributed by atoms with Gasteiger partial charge in [-0.1, -0.05) is 0 Å². The van der Waals surface area contributed by atoms with Crippen molar-refractivity contribution < 1.29 is 13.2 Å². The first-order valence-corrected chi connectivity index (χ1v) is 5.39. The zero-order chi connectivity index (χ0) is 13.1. The van der Waals surface area contributed by atoms with Gasteiger partial charge in [-0.05, 0) is 36.8 Å². The summed E-state index contributed by atoms with van der Waals surface area (Å²) in [5.74, 6) is -3.88. The van der Waals surface area contributed by atoms with E-state index in [0.29, 0.717) is 0 Å². The number of halogens is 3. The number of hydrogen-bond acceptors (Lipinski definition) is 2. The molecule has 2 rings (SSSR count). The van der Waals surface area contributed by atoms with Crippen molar-refractivity contribution in [2.45, 2.75) is 13.0 Å². The van der Waals surface area contributed by atoms with Crippen LogP contribution in [0.25, 0.3) is 0 Å². The van der Waals surface area contributed by atoms with Crippen LogP contribution in [0.15, 0.2) is 36.7 Å². The highest BCUT2D eigenvalue weighted by Gasteiger charge is 2.15. The van der Waals surface area contributed by atoms with Gasteiger partial charge in [0.1, 0.15) is 0 Å². The molecule has 0 fully saturated rings. The van der Waals surface area contributed by atoms with Crippen molar-refractivity contribution in [2.24, 2.45) is 0 Å². The molecule has 0 amide bonds. The summed E-state index contributed by atoms with van der Waals surface area (Å²) in [5.41, 5.74) is 0.798. The van der Waals surface area contributed by atoms with E-state index < -0.39 is 17.5 Å². The average molecular weight is 252 g/mol. The average Bonchev–Trinajstić information content (AvgIpc) is 2.40. The van der Waals surface area contributed by atoms with Crippen molar-refractivity contribution in [2.75, 3.05) is 5.32 Å². The SMILES string of the molecule is CC(Nc1ccc(F)c(F)c1F)c1ccncc1. The third kappa shape index (κ3) is 2.45. The highest BCUT2D eigenvalue weighted by molar-refractivity contribution is 5.47. The lowest BCUT2D eigenvalue weighted by molar-refractivity contribution is 0.448. The minimum absolute atomic E-state index is 0.0711. The summed E-state index contributed by atoms with van der Waals surface area (Å²) < 4.78 is 39.3. The van der Waals surface area contributed by atoms with Crippen LogP contribution in [0.3, 0.4) is 0 Å². The Morgan fingerprint density at radius 3 is 2.33 bits per heavy atom. The van der Waals surface area contributed by atoms with E-state index in [4.69, 9.17) is 0 Å². The molecule has 0 bridgehead atoms. The van der Waals surface area contributed by atoms with Crippen molar-refractivity contribution in [1.29, 1.82) is 0 Å². The van der Waals surface area contributed by atoms with Crippen LogP contribution in [0.2, 0.25) is 0 Å². The molecular formula is C13H11F3N2. The molecule has 1 N–H and O–H groups in total. The van der Waals surface area contributed by atoms with E-state index in [-0.39, 0.29) is 11.7 Å². The largest absolute Gasteiger partial charge is 0.376 e. The first-order valence-electron chi connectivity index (χ1n) is 5.39. The van der Waals surface area contributed by atoms with E-state index in [9.17, 15) is 13.2 Å². The van der Waals surface area contributed by atoms with Crippen molar-refractivity contribution in [3.63, 3.8) is 0 Å². The van der Waals surface area contributed by atoms with Crippen molar-refractivity contribution in [3.8, 4) is 0 Å². The lowest BCUT2D eigenvalue weighted by Gasteiger charge is -2.16.